The monoisotopic (exact) mass is 565 g/mol. The summed E-state index contributed by atoms with van der Waals surface area (Å²) in [5.74, 6) is -1.47. The van der Waals surface area contributed by atoms with E-state index in [0.29, 0.717) is 42.7 Å². The number of hydrogen-bond acceptors (Lipinski definition) is 6. The first kappa shape index (κ1) is 27.7. The average Bonchev–Trinajstić information content (AvgIpc) is 3.20. The van der Waals surface area contributed by atoms with Crippen molar-refractivity contribution in [3.05, 3.63) is 46.6 Å². The fourth-order valence-corrected chi connectivity index (χ4v) is 6.10. The Morgan fingerprint density at radius 3 is 2.67 bits per heavy atom. The van der Waals surface area contributed by atoms with Gasteiger partial charge in [0.2, 0.25) is 11.8 Å². The largest absolute Gasteiger partial charge is 0.416 e. The lowest BCUT2D eigenvalue weighted by molar-refractivity contribution is -0.137. The number of carbonyl (C=O) groups is 2. The van der Waals surface area contributed by atoms with Gasteiger partial charge in [0.15, 0.2) is 0 Å². The van der Waals surface area contributed by atoms with Gasteiger partial charge in [0.25, 0.3) is 0 Å². The Labute approximate surface area is 230 Å². The Morgan fingerprint density at radius 2 is 1.95 bits per heavy atom. The molecule has 1 aromatic heterocycles. The van der Waals surface area contributed by atoms with E-state index in [1.807, 2.05) is 0 Å². The number of pyridine rings is 1. The molecule has 0 bridgehead atoms. The van der Waals surface area contributed by atoms with Crippen LogP contribution in [-0.4, -0.2) is 80.2 Å². The molecule has 0 N–H and O–H groups in total. The summed E-state index contributed by atoms with van der Waals surface area (Å²) in [6, 6.07) is 6.33. The molecule has 39 heavy (non-hydrogen) atoms. The van der Waals surface area contributed by atoms with Gasteiger partial charge in [0.05, 0.1) is 35.2 Å². The van der Waals surface area contributed by atoms with Gasteiger partial charge in [0, 0.05) is 57.3 Å². The predicted molar refractivity (Wildman–Crippen MR) is 142 cm³/mol. The number of amides is 2. The summed E-state index contributed by atoms with van der Waals surface area (Å²) in [6.45, 7) is 7.27. The van der Waals surface area contributed by atoms with Gasteiger partial charge in [-0.3, -0.25) is 19.4 Å². The number of morpholine rings is 1. The van der Waals surface area contributed by atoms with Crippen molar-refractivity contribution in [2.45, 2.75) is 38.5 Å². The zero-order valence-electron chi connectivity index (χ0n) is 22.0. The van der Waals surface area contributed by atoms with E-state index in [-0.39, 0.29) is 24.0 Å². The van der Waals surface area contributed by atoms with Crippen LogP contribution in [-0.2, 0) is 20.5 Å². The molecular formula is C27H31ClF3N5O3. The third kappa shape index (κ3) is 5.31. The van der Waals surface area contributed by atoms with Gasteiger partial charge in [-0.05, 0) is 38.1 Å². The first-order valence-corrected chi connectivity index (χ1v) is 13.3. The maximum Gasteiger partial charge on any atom is 0.416 e. The molecule has 2 fully saturated rings. The van der Waals surface area contributed by atoms with Crippen LogP contribution < -0.4 is 14.7 Å². The van der Waals surface area contributed by atoms with E-state index in [1.165, 1.54) is 11.8 Å². The van der Waals surface area contributed by atoms with E-state index >= 15 is 0 Å². The topological polar surface area (TPSA) is 69.2 Å². The Hall–Kier alpha value is -2.89. The van der Waals surface area contributed by atoms with Gasteiger partial charge < -0.3 is 14.5 Å². The maximum absolute atomic E-state index is 13.9. The fraction of sp³-hybridized carbons (Fsp3) is 0.519. The molecule has 0 saturated carbocycles. The van der Waals surface area contributed by atoms with E-state index < -0.39 is 35.5 Å². The lowest BCUT2D eigenvalue weighted by atomic mass is 9.95. The number of likely N-dealkylation sites (N-methyl/N-ethyl adjacent to an activating group) is 1. The second-order valence-corrected chi connectivity index (χ2v) is 10.8. The summed E-state index contributed by atoms with van der Waals surface area (Å²) in [5.41, 5.74) is 0.481. The number of rotatable bonds is 4. The summed E-state index contributed by atoms with van der Waals surface area (Å²) in [7, 11) is 1.61. The number of halogens is 4. The van der Waals surface area contributed by atoms with Crippen LogP contribution in [0.5, 0.6) is 0 Å². The highest BCUT2D eigenvalue weighted by Crippen LogP contribution is 2.43. The molecule has 12 heteroatoms. The van der Waals surface area contributed by atoms with Gasteiger partial charge >= 0.3 is 6.18 Å². The molecule has 4 heterocycles. The molecule has 8 nitrogen and oxygen atoms in total. The highest BCUT2D eigenvalue weighted by Gasteiger charge is 2.49. The summed E-state index contributed by atoms with van der Waals surface area (Å²) >= 11 is 6.69. The van der Waals surface area contributed by atoms with Crippen LogP contribution in [0.1, 0.15) is 24.6 Å². The zero-order chi connectivity index (χ0) is 28.1. The molecule has 1 aromatic carbocycles. The van der Waals surface area contributed by atoms with E-state index in [1.54, 1.807) is 25.2 Å². The molecule has 0 spiro atoms. The quantitative estimate of drug-likeness (QED) is 0.558. The minimum Gasteiger partial charge on any atom is -0.379 e. The summed E-state index contributed by atoms with van der Waals surface area (Å²) in [4.78, 5) is 38.5. The van der Waals surface area contributed by atoms with Gasteiger partial charge in [-0.25, -0.2) is 4.98 Å². The smallest absolute Gasteiger partial charge is 0.379 e. The lowest BCUT2D eigenvalue weighted by Gasteiger charge is -2.40. The number of aromatic nitrogens is 1. The first-order chi connectivity index (χ1) is 18.5. The number of para-hydroxylation sites is 1. The number of aryl methyl sites for hydroxylation is 1. The molecule has 2 aromatic rings. The minimum atomic E-state index is -4.62. The zero-order valence-corrected chi connectivity index (χ0v) is 22.8. The lowest BCUT2D eigenvalue weighted by Crippen LogP contribution is -2.53. The van der Waals surface area contributed by atoms with Crippen molar-refractivity contribution in [3.8, 4) is 0 Å². The molecule has 2 saturated heterocycles. The van der Waals surface area contributed by atoms with E-state index in [9.17, 15) is 22.8 Å². The number of alkyl halides is 3. The van der Waals surface area contributed by atoms with Gasteiger partial charge in [0.1, 0.15) is 11.9 Å². The Morgan fingerprint density at radius 1 is 1.18 bits per heavy atom. The maximum atomic E-state index is 13.9. The van der Waals surface area contributed by atoms with Gasteiger partial charge in [-0.15, -0.1) is 0 Å². The highest BCUT2D eigenvalue weighted by atomic mass is 35.5. The number of benzene rings is 1. The summed E-state index contributed by atoms with van der Waals surface area (Å²) in [6.07, 6.45) is -4.61. The average molecular weight is 566 g/mol. The molecule has 2 amide bonds. The number of nitrogens with zero attached hydrogens (tertiary/aromatic N) is 5. The molecule has 3 aliphatic rings. The Bertz CT molecular complexity index is 1280. The summed E-state index contributed by atoms with van der Waals surface area (Å²) in [5, 5.41) is 0.483. The first-order valence-electron chi connectivity index (χ1n) is 13.0. The van der Waals surface area contributed by atoms with Crippen molar-refractivity contribution in [1.29, 1.82) is 0 Å². The predicted octanol–water partition coefficient (Wildman–Crippen LogP) is 3.99. The van der Waals surface area contributed by atoms with Crippen molar-refractivity contribution < 1.29 is 27.5 Å². The number of ether oxygens (including phenoxy) is 1. The van der Waals surface area contributed by atoms with Crippen LogP contribution in [0, 0.1) is 12.8 Å². The van der Waals surface area contributed by atoms with Crippen LogP contribution in [0.3, 0.4) is 0 Å². The molecule has 3 aliphatic heterocycles. The second-order valence-electron chi connectivity index (χ2n) is 10.4. The molecule has 0 aliphatic carbocycles. The van der Waals surface area contributed by atoms with Gasteiger partial charge in [-0.2, -0.15) is 13.2 Å². The highest BCUT2D eigenvalue weighted by molar-refractivity contribution is 6.34. The minimum absolute atomic E-state index is 0.00542. The van der Waals surface area contributed by atoms with Crippen molar-refractivity contribution in [3.63, 3.8) is 0 Å². The van der Waals surface area contributed by atoms with Crippen molar-refractivity contribution >= 4 is 40.6 Å². The molecule has 5 rings (SSSR count). The fourth-order valence-electron chi connectivity index (χ4n) is 5.81. The van der Waals surface area contributed by atoms with Gasteiger partial charge in [-0.1, -0.05) is 17.7 Å². The van der Waals surface area contributed by atoms with Crippen molar-refractivity contribution in [2.75, 3.05) is 61.1 Å². The SMILES string of the molecule is Cc1cc(C(F)(F)F)cc(N2C(=O)C[C@@H]3CN(CCN4CCOC[C@@H]4C)c4c(Cl)cccc4N(C)C(=O)[C@H]32)n1. The van der Waals surface area contributed by atoms with Crippen LogP contribution in [0.4, 0.5) is 30.4 Å². The van der Waals surface area contributed by atoms with E-state index in [2.05, 4.69) is 21.7 Å². The van der Waals surface area contributed by atoms with Crippen LogP contribution in [0.2, 0.25) is 5.02 Å². The van der Waals surface area contributed by atoms with Crippen molar-refractivity contribution in [2.24, 2.45) is 5.92 Å². The Balaban J connectivity index is 1.53. The normalized spacial score (nSPS) is 24.5. The van der Waals surface area contributed by atoms with E-state index in [4.69, 9.17) is 16.3 Å². The standard InChI is InChI=1S/C27H31ClF3N5O3/c1-16-11-19(27(29,30)31)13-22(32-16)36-23(37)12-18-14-35(8-7-34-9-10-39-15-17(34)2)25-20(28)5-4-6-21(25)33(3)26(38)24(18)36/h4-6,11,13,17-18,24H,7-10,12,14-15H2,1-3H3/t17-,18+,24-/m0/s1. The number of fused-ring (bicyclic) bond motifs is 2. The van der Waals surface area contributed by atoms with Crippen LogP contribution in [0.15, 0.2) is 30.3 Å². The number of anilines is 3. The van der Waals surface area contributed by atoms with Crippen LogP contribution in [0.25, 0.3) is 0 Å². The summed E-state index contributed by atoms with van der Waals surface area (Å²) < 4.78 is 46.4. The number of carbonyl (C=O) groups excluding carboxylic acids is 2. The molecule has 0 unspecified atom stereocenters. The van der Waals surface area contributed by atoms with Crippen LogP contribution >= 0.6 is 11.6 Å². The Kier molecular flexibility index (Phi) is 7.51. The third-order valence-corrected chi connectivity index (χ3v) is 8.09. The molecule has 0 radical (unpaired) electrons. The second kappa shape index (κ2) is 10.6. The number of hydrogen-bond donors (Lipinski definition) is 0. The molecule has 3 atom stereocenters. The molecular weight excluding hydrogens is 535 g/mol. The molecule has 210 valence electrons. The van der Waals surface area contributed by atoms with Crippen molar-refractivity contribution in [1.82, 2.24) is 9.88 Å². The van der Waals surface area contributed by atoms with E-state index in [0.717, 1.165) is 30.1 Å². The third-order valence-electron chi connectivity index (χ3n) is 7.79.